The third-order valence-electron chi connectivity index (χ3n) is 6.52. The van der Waals surface area contributed by atoms with Gasteiger partial charge in [-0.1, -0.05) is 12.1 Å². The quantitative estimate of drug-likeness (QED) is 0.230. The average molecular weight is 575 g/mol. The van der Waals surface area contributed by atoms with Gasteiger partial charge in [0, 0.05) is 25.8 Å². The molecule has 0 spiro atoms. The predicted molar refractivity (Wildman–Crippen MR) is 143 cm³/mol. The Labute approximate surface area is 226 Å². The molecule has 0 aliphatic carbocycles. The topological polar surface area (TPSA) is 135 Å². The summed E-state index contributed by atoms with van der Waals surface area (Å²) in [5.41, 5.74) is -0.274. The molecule has 210 valence electrons. The van der Waals surface area contributed by atoms with Crippen molar-refractivity contribution < 1.29 is 26.7 Å². The molecule has 0 aliphatic rings. The van der Waals surface area contributed by atoms with Crippen molar-refractivity contribution >= 4 is 32.0 Å². The number of unbranched alkanes of at least 4 members (excludes halogenated alkanes) is 2. The zero-order chi connectivity index (χ0) is 28.7. The summed E-state index contributed by atoms with van der Waals surface area (Å²) in [5, 5.41) is 16.6. The van der Waals surface area contributed by atoms with Crippen LogP contribution in [-0.4, -0.2) is 51.2 Å². The number of hydrogen-bond donors (Lipinski definition) is 3. The van der Waals surface area contributed by atoms with Crippen LogP contribution < -0.4 is 10.3 Å². The third-order valence-corrected chi connectivity index (χ3v) is 7.99. The van der Waals surface area contributed by atoms with E-state index in [0.717, 1.165) is 12.1 Å². The van der Waals surface area contributed by atoms with Crippen LogP contribution >= 0.6 is 0 Å². The largest absolute Gasteiger partial charge is 0.416 e. The van der Waals surface area contributed by atoms with Crippen LogP contribution in [-0.2, 0) is 23.2 Å². The van der Waals surface area contributed by atoms with Crippen LogP contribution in [0.5, 0.6) is 0 Å². The van der Waals surface area contributed by atoms with Crippen molar-refractivity contribution in [2.45, 2.75) is 30.3 Å². The zero-order valence-electron chi connectivity index (χ0n) is 21.2. The molecule has 0 bridgehead atoms. The summed E-state index contributed by atoms with van der Waals surface area (Å²) in [6.07, 6.45) is -1.23. The fraction of sp³-hybridized carbons (Fsp3) is 0.269. The van der Waals surface area contributed by atoms with Gasteiger partial charge in [-0.3, -0.25) is 14.6 Å². The summed E-state index contributed by atoms with van der Waals surface area (Å²) in [6, 6.07) is 10.2. The van der Waals surface area contributed by atoms with Gasteiger partial charge in [-0.2, -0.15) is 18.3 Å². The number of nitrogens with one attached hydrogen (secondary N) is 2. The van der Waals surface area contributed by atoms with Gasteiger partial charge in [0.05, 0.1) is 44.3 Å². The summed E-state index contributed by atoms with van der Waals surface area (Å²) in [7, 11) is -2.16. The highest BCUT2D eigenvalue weighted by Crippen LogP contribution is 2.34. The van der Waals surface area contributed by atoms with Crippen LogP contribution in [0.25, 0.3) is 38.9 Å². The Balaban J connectivity index is 1.58. The lowest BCUT2D eigenvalue weighted by Crippen LogP contribution is -2.25. The van der Waals surface area contributed by atoms with E-state index in [4.69, 9.17) is 5.11 Å². The Morgan fingerprint density at radius 3 is 2.52 bits per heavy atom. The monoisotopic (exact) mass is 574 g/mol. The van der Waals surface area contributed by atoms with Crippen molar-refractivity contribution in [2.75, 3.05) is 13.2 Å². The fourth-order valence-corrected chi connectivity index (χ4v) is 5.54. The van der Waals surface area contributed by atoms with E-state index in [1.807, 2.05) is 0 Å². The molecule has 5 aromatic rings. The Hall–Kier alpha value is -4.01. The molecule has 0 saturated carbocycles. The molecule has 40 heavy (non-hydrogen) atoms. The Morgan fingerprint density at radius 1 is 1.07 bits per heavy atom. The molecule has 0 unspecified atom stereocenters. The molecule has 0 aliphatic heterocycles. The van der Waals surface area contributed by atoms with E-state index in [1.165, 1.54) is 52.0 Å². The van der Waals surface area contributed by atoms with Gasteiger partial charge in [-0.05, 0) is 55.7 Å². The first-order chi connectivity index (χ1) is 19.0. The second-order valence-corrected chi connectivity index (χ2v) is 11.0. The standard InChI is InChI=1S/C26H25F3N6O4S/c1-34-24-20(15-30-34)23-21(22(32-24)16-6-5-7-17(14-16)26(27,28)29)25(37)35(33-23)18-8-10-19(11-9-18)40(38,39)31-12-3-2-4-13-36/h5-11,14-15,31,33,36H,2-4,12-13H2,1H3. The molecule has 0 saturated heterocycles. The molecule has 14 heteroatoms. The Kier molecular flexibility index (Phi) is 7.25. The number of aromatic amines is 1. The average Bonchev–Trinajstić information content (AvgIpc) is 3.47. The SMILES string of the molecule is Cn1ncc2c3[nH]n(-c4ccc(S(=O)(=O)NCCCCCO)cc4)c(=O)c3c(-c3cccc(C(F)(F)F)c3)nc21. The number of rotatable bonds is 9. The minimum atomic E-state index is -4.58. The number of benzene rings is 2. The normalized spacial score (nSPS) is 12.5. The molecular formula is C26H25F3N6O4S. The molecule has 0 fully saturated rings. The lowest BCUT2D eigenvalue weighted by molar-refractivity contribution is -0.137. The van der Waals surface area contributed by atoms with Crippen molar-refractivity contribution in [3.05, 3.63) is 70.6 Å². The maximum atomic E-state index is 13.7. The number of aliphatic hydroxyl groups is 1. The molecule has 10 nitrogen and oxygen atoms in total. The summed E-state index contributed by atoms with van der Waals surface area (Å²) in [5.74, 6) is 0. The predicted octanol–water partition coefficient (Wildman–Crippen LogP) is 3.73. The summed E-state index contributed by atoms with van der Waals surface area (Å²) < 4.78 is 70.7. The van der Waals surface area contributed by atoms with Gasteiger partial charge in [0.2, 0.25) is 10.0 Å². The van der Waals surface area contributed by atoms with E-state index in [1.54, 1.807) is 7.05 Å². The number of H-pyrrole nitrogens is 1. The van der Waals surface area contributed by atoms with Crippen LogP contribution in [0.1, 0.15) is 24.8 Å². The van der Waals surface area contributed by atoms with Gasteiger partial charge < -0.3 is 5.11 Å². The smallest absolute Gasteiger partial charge is 0.396 e. The number of aromatic nitrogens is 5. The van der Waals surface area contributed by atoms with Crippen LogP contribution in [0.2, 0.25) is 0 Å². The highest BCUT2D eigenvalue weighted by Gasteiger charge is 2.31. The molecule has 0 atom stereocenters. The Morgan fingerprint density at radius 2 is 1.82 bits per heavy atom. The number of alkyl halides is 3. The summed E-state index contributed by atoms with van der Waals surface area (Å²) in [4.78, 5) is 18.2. The second-order valence-electron chi connectivity index (χ2n) is 9.22. The lowest BCUT2D eigenvalue weighted by atomic mass is 10.0. The van der Waals surface area contributed by atoms with Crippen LogP contribution in [0.4, 0.5) is 13.2 Å². The van der Waals surface area contributed by atoms with E-state index < -0.39 is 27.3 Å². The van der Waals surface area contributed by atoms with E-state index in [0.29, 0.717) is 41.5 Å². The number of sulfonamides is 1. The highest BCUT2D eigenvalue weighted by atomic mass is 32.2. The van der Waals surface area contributed by atoms with Crippen LogP contribution in [0.3, 0.4) is 0 Å². The molecule has 0 amide bonds. The first-order valence-corrected chi connectivity index (χ1v) is 13.8. The number of pyridine rings is 1. The van der Waals surface area contributed by atoms with Crippen molar-refractivity contribution in [3.8, 4) is 16.9 Å². The van der Waals surface area contributed by atoms with Gasteiger partial charge in [-0.25, -0.2) is 22.8 Å². The number of aliphatic hydroxyl groups excluding tert-OH is 1. The number of nitrogens with zero attached hydrogens (tertiary/aromatic N) is 4. The highest BCUT2D eigenvalue weighted by molar-refractivity contribution is 7.89. The van der Waals surface area contributed by atoms with Gasteiger partial charge >= 0.3 is 6.18 Å². The number of fused-ring (bicyclic) bond motifs is 3. The van der Waals surface area contributed by atoms with E-state index in [2.05, 4.69) is 19.9 Å². The summed E-state index contributed by atoms with van der Waals surface area (Å²) in [6.45, 7) is 0.267. The number of aryl methyl sites for hydroxylation is 1. The van der Waals surface area contributed by atoms with Crippen molar-refractivity contribution in [1.82, 2.24) is 29.3 Å². The maximum Gasteiger partial charge on any atom is 0.416 e. The Bertz CT molecular complexity index is 1860. The van der Waals surface area contributed by atoms with E-state index in [-0.39, 0.29) is 34.7 Å². The van der Waals surface area contributed by atoms with Gasteiger partial charge in [0.25, 0.3) is 5.56 Å². The molecule has 3 heterocycles. The number of hydrogen-bond acceptors (Lipinski definition) is 6. The zero-order valence-corrected chi connectivity index (χ0v) is 22.1. The van der Waals surface area contributed by atoms with Crippen LogP contribution in [0.15, 0.2) is 64.4 Å². The minimum Gasteiger partial charge on any atom is -0.396 e. The molecule has 3 N–H and O–H groups in total. The van der Waals surface area contributed by atoms with E-state index in [9.17, 15) is 26.4 Å². The van der Waals surface area contributed by atoms with Gasteiger partial charge in [0.15, 0.2) is 5.65 Å². The molecule has 3 aromatic heterocycles. The summed E-state index contributed by atoms with van der Waals surface area (Å²) >= 11 is 0. The lowest BCUT2D eigenvalue weighted by Gasteiger charge is -2.09. The van der Waals surface area contributed by atoms with Gasteiger partial charge in [-0.15, -0.1) is 0 Å². The second kappa shape index (κ2) is 10.5. The molecular weight excluding hydrogens is 549 g/mol. The van der Waals surface area contributed by atoms with Crippen molar-refractivity contribution in [2.24, 2.45) is 7.05 Å². The van der Waals surface area contributed by atoms with Crippen LogP contribution in [0, 0.1) is 0 Å². The van der Waals surface area contributed by atoms with Gasteiger partial charge in [0.1, 0.15) is 0 Å². The third kappa shape index (κ3) is 5.12. The fourth-order valence-electron chi connectivity index (χ4n) is 4.46. The van der Waals surface area contributed by atoms with Crippen molar-refractivity contribution in [3.63, 3.8) is 0 Å². The first-order valence-electron chi connectivity index (χ1n) is 12.4. The molecule has 0 radical (unpaired) electrons. The van der Waals surface area contributed by atoms with Crippen molar-refractivity contribution in [1.29, 1.82) is 0 Å². The molecule has 5 rings (SSSR count). The molecule has 2 aromatic carbocycles. The number of halogens is 3. The van der Waals surface area contributed by atoms with E-state index >= 15 is 0 Å². The minimum absolute atomic E-state index is 0.00328. The maximum absolute atomic E-state index is 13.7. The first kappa shape index (κ1) is 27.6.